The number of hydrogen-bond donors (Lipinski definition) is 1. The lowest BCUT2D eigenvalue weighted by Crippen LogP contribution is -2.43. The van der Waals surface area contributed by atoms with E-state index in [9.17, 15) is 4.79 Å². The number of alkyl carbamates (subject to hydrolysis) is 1. The van der Waals surface area contributed by atoms with Crippen molar-refractivity contribution in [2.24, 2.45) is 0 Å². The maximum absolute atomic E-state index is 11.7. The van der Waals surface area contributed by atoms with Crippen molar-refractivity contribution >= 4 is 14.9 Å². The van der Waals surface area contributed by atoms with Crippen LogP contribution in [0.2, 0.25) is 6.04 Å². The molecule has 6 nitrogen and oxygen atoms in total. The van der Waals surface area contributed by atoms with Crippen molar-refractivity contribution in [1.29, 1.82) is 0 Å². The number of amides is 1. The Kier molecular flexibility index (Phi) is 22.4. The predicted molar refractivity (Wildman–Crippen MR) is 144 cm³/mol. The van der Waals surface area contributed by atoms with Gasteiger partial charge in [-0.1, -0.05) is 79.8 Å². The van der Waals surface area contributed by atoms with Crippen LogP contribution in [0.15, 0.2) is 72.9 Å². The highest BCUT2D eigenvalue weighted by atomic mass is 28.4. The van der Waals surface area contributed by atoms with E-state index in [1.54, 1.807) is 21.3 Å². The van der Waals surface area contributed by atoms with Crippen LogP contribution in [0.5, 0.6) is 0 Å². The molecule has 34 heavy (non-hydrogen) atoms. The molecule has 0 bridgehead atoms. The largest absolute Gasteiger partial charge is 0.500 e. The molecule has 0 radical (unpaired) electrons. The van der Waals surface area contributed by atoms with Gasteiger partial charge in [0.25, 0.3) is 0 Å². The van der Waals surface area contributed by atoms with Gasteiger partial charge in [-0.3, -0.25) is 0 Å². The zero-order valence-electron chi connectivity index (χ0n) is 21.5. The average molecular weight is 492 g/mol. The minimum atomic E-state index is -2.58. The average Bonchev–Trinajstić information content (AvgIpc) is 2.86. The number of rotatable bonds is 20. The van der Waals surface area contributed by atoms with E-state index in [2.05, 4.69) is 73.0 Å². The van der Waals surface area contributed by atoms with E-state index in [1.807, 2.05) is 12.2 Å². The zero-order valence-corrected chi connectivity index (χ0v) is 22.5. The quantitative estimate of drug-likeness (QED) is 0.117. The lowest BCUT2D eigenvalue weighted by molar-refractivity contribution is 0.122. The number of carbonyl (C=O) groups excluding carboxylic acids is 1. The van der Waals surface area contributed by atoms with Crippen molar-refractivity contribution in [3.05, 3.63) is 72.9 Å². The first kappa shape index (κ1) is 31.8. The SMILES string of the molecule is CCC=CCC=CCC=CCC=CCC=CCC=CCOC(=O)NCCC[Si](OC)(OC)OC. The highest BCUT2D eigenvalue weighted by Gasteiger charge is 2.36. The fourth-order valence-electron chi connectivity index (χ4n) is 2.82. The number of nitrogens with one attached hydrogen (secondary N) is 1. The summed E-state index contributed by atoms with van der Waals surface area (Å²) in [7, 11) is 2.15. The second kappa shape index (κ2) is 23.9. The van der Waals surface area contributed by atoms with E-state index in [1.165, 1.54) is 0 Å². The van der Waals surface area contributed by atoms with E-state index in [-0.39, 0.29) is 6.61 Å². The van der Waals surface area contributed by atoms with Gasteiger partial charge in [0.1, 0.15) is 6.61 Å². The third kappa shape index (κ3) is 19.3. The van der Waals surface area contributed by atoms with Crippen LogP contribution < -0.4 is 5.32 Å². The Morgan fingerprint density at radius 2 is 1.09 bits per heavy atom. The van der Waals surface area contributed by atoms with Crippen LogP contribution in [0.25, 0.3) is 0 Å². The Bertz CT molecular complexity index is 656. The van der Waals surface area contributed by atoms with Gasteiger partial charge in [0.05, 0.1) is 0 Å². The fraction of sp³-hybridized carbons (Fsp3) is 0.519. The minimum Gasteiger partial charge on any atom is -0.445 e. The van der Waals surface area contributed by atoms with E-state index in [0.717, 1.165) is 38.5 Å². The second-order valence-corrected chi connectivity index (χ2v) is 10.4. The van der Waals surface area contributed by atoms with Crippen LogP contribution in [0.1, 0.15) is 51.9 Å². The van der Waals surface area contributed by atoms with Gasteiger partial charge >= 0.3 is 14.9 Å². The van der Waals surface area contributed by atoms with E-state index in [0.29, 0.717) is 19.0 Å². The monoisotopic (exact) mass is 491 g/mol. The molecule has 0 spiro atoms. The predicted octanol–water partition coefficient (Wildman–Crippen LogP) is 6.68. The molecule has 0 unspecified atom stereocenters. The molecule has 0 aliphatic heterocycles. The molecule has 7 heteroatoms. The molecule has 0 aliphatic carbocycles. The molecule has 0 saturated carbocycles. The third-order valence-corrected chi connectivity index (χ3v) is 7.60. The van der Waals surface area contributed by atoms with Crippen molar-refractivity contribution in [3.8, 4) is 0 Å². The number of carbonyl (C=O) groups is 1. The summed E-state index contributed by atoms with van der Waals surface area (Å²) in [5, 5.41) is 2.71. The second-order valence-electron chi connectivity index (χ2n) is 7.34. The van der Waals surface area contributed by atoms with Gasteiger partial charge in [-0.05, 0) is 44.9 Å². The third-order valence-electron chi connectivity index (χ3n) is 4.77. The lowest BCUT2D eigenvalue weighted by Gasteiger charge is -2.24. The first-order valence-corrected chi connectivity index (χ1v) is 14.0. The normalized spacial score (nSPS) is 13.1. The summed E-state index contributed by atoms with van der Waals surface area (Å²) in [6.45, 7) is 2.88. The van der Waals surface area contributed by atoms with Crippen LogP contribution in [-0.2, 0) is 18.0 Å². The summed E-state index contributed by atoms with van der Waals surface area (Å²) in [4.78, 5) is 11.7. The standard InChI is InChI=1S/C27H45NO5Si/c1-5-6-7-8-9-10-11-12-13-14-15-16-17-18-19-20-21-22-25-33-27(29)28-24-23-26-34(30-2,31-3)32-4/h6-7,9-10,12-13,15-16,18-19,21-22H,5,8,11,14,17,20,23-26H2,1-4H3,(H,28,29). The van der Waals surface area contributed by atoms with Gasteiger partial charge in [0.2, 0.25) is 0 Å². The van der Waals surface area contributed by atoms with E-state index in [4.69, 9.17) is 18.0 Å². The smallest absolute Gasteiger partial charge is 0.445 e. The first-order valence-electron chi connectivity index (χ1n) is 12.1. The highest BCUT2D eigenvalue weighted by Crippen LogP contribution is 2.14. The number of hydrogen-bond acceptors (Lipinski definition) is 5. The molecular weight excluding hydrogens is 446 g/mol. The summed E-state index contributed by atoms with van der Waals surface area (Å²) in [6, 6.07) is 0.629. The van der Waals surface area contributed by atoms with Crippen LogP contribution in [0, 0.1) is 0 Å². The highest BCUT2D eigenvalue weighted by molar-refractivity contribution is 6.60. The Hall–Kier alpha value is -2.19. The van der Waals surface area contributed by atoms with Crippen molar-refractivity contribution in [2.75, 3.05) is 34.5 Å². The molecule has 1 amide bonds. The Labute approximate surface area is 208 Å². The lowest BCUT2D eigenvalue weighted by atomic mass is 10.2. The topological polar surface area (TPSA) is 66.0 Å². The van der Waals surface area contributed by atoms with Crippen molar-refractivity contribution in [1.82, 2.24) is 5.32 Å². The van der Waals surface area contributed by atoms with Crippen LogP contribution >= 0.6 is 0 Å². The van der Waals surface area contributed by atoms with Gasteiger partial charge in [-0.15, -0.1) is 0 Å². The molecule has 192 valence electrons. The number of ether oxygens (including phenoxy) is 1. The molecule has 0 rings (SSSR count). The van der Waals surface area contributed by atoms with E-state index >= 15 is 0 Å². The van der Waals surface area contributed by atoms with Gasteiger partial charge < -0.3 is 23.3 Å². The van der Waals surface area contributed by atoms with Crippen LogP contribution in [0.4, 0.5) is 4.79 Å². The molecule has 0 aliphatic rings. The van der Waals surface area contributed by atoms with Gasteiger partial charge in [-0.2, -0.15) is 0 Å². The van der Waals surface area contributed by atoms with Gasteiger partial charge in [-0.25, -0.2) is 4.79 Å². The molecule has 0 aromatic carbocycles. The van der Waals surface area contributed by atoms with Crippen molar-refractivity contribution in [2.45, 2.75) is 57.9 Å². The summed E-state index contributed by atoms with van der Waals surface area (Å²) in [5.41, 5.74) is 0. The maximum atomic E-state index is 11.7. The number of allylic oxidation sites excluding steroid dienone is 11. The van der Waals surface area contributed by atoms with E-state index < -0.39 is 14.9 Å². The van der Waals surface area contributed by atoms with Crippen LogP contribution in [-0.4, -0.2) is 49.4 Å². The molecule has 0 fully saturated rings. The molecule has 0 aromatic heterocycles. The Balaban J connectivity index is 3.69. The van der Waals surface area contributed by atoms with Crippen molar-refractivity contribution in [3.63, 3.8) is 0 Å². The summed E-state index contributed by atoms with van der Waals surface area (Å²) < 4.78 is 21.1. The molecule has 0 atom stereocenters. The zero-order chi connectivity index (χ0) is 25.2. The minimum absolute atomic E-state index is 0.253. The Morgan fingerprint density at radius 1 is 0.676 bits per heavy atom. The van der Waals surface area contributed by atoms with Gasteiger partial charge in [0.15, 0.2) is 0 Å². The molecule has 0 saturated heterocycles. The molecular formula is C27H45NO5Si. The molecule has 0 heterocycles. The summed E-state index contributed by atoms with van der Waals surface area (Å²) in [6.07, 6.45) is 31.7. The van der Waals surface area contributed by atoms with Crippen molar-refractivity contribution < 1.29 is 22.8 Å². The first-order chi connectivity index (χ1) is 16.6. The van der Waals surface area contributed by atoms with Gasteiger partial charge in [0, 0.05) is 33.9 Å². The molecule has 0 aromatic rings. The maximum Gasteiger partial charge on any atom is 0.500 e. The Morgan fingerprint density at radius 3 is 1.50 bits per heavy atom. The van der Waals surface area contributed by atoms with Crippen LogP contribution in [0.3, 0.4) is 0 Å². The molecule has 1 N–H and O–H groups in total. The summed E-state index contributed by atoms with van der Waals surface area (Å²) >= 11 is 0. The fourth-order valence-corrected chi connectivity index (χ4v) is 4.54. The summed E-state index contributed by atoms with van der Waals surface area (Å²) in [5.74, 6) is 0.